The molecule has 0 spiro atoms. The molecule has 0 aliphatic carbocycles. The minimum absolute atomic E-state index is 0.436. The first-order chi connectivity index (χ1) is 7.24. The number of hydrogen-bond acceptors (Lipinski definition) is 3. The van der Waals surface area contributed by atoms with Gasteiger partial charge in [-0.05, 0) is 0 Å². The highest BCUT2D eigenvalue weighted by Gasteiger charge is 2.00. The summed E-state index contributed by atoms with van der Waals surface area (Å²) in [5.74, 6) is 0. The molecule has 80 valence electrons. The summed E-state index contributed by atoms with van der Waals surface area (Å²) in [6, 6.07) is 11.5. The molecule has 0 fully saturated rings. The second-order valence-corrected chi connectivity index (χ2v) is 2.77. The van der Waals surface area contributed by atoms with Crippen molar-refractivity contribution in [1.82, 2.24) is 5.01 Å². The molecule has 3 nitrogen and oxygen atoms in total. The largest absolute Gasteiger partial charge is 0.302 e. The van der Waals surface area contributed by atoms with E-state index in [4.69, 9.17) is 5.26 Å². The average molecular weight is 203 g/mol. The van der Waals surface area contributed by atoms with Gasteiger partial charge in [0.05, 0.1) is 0 Å². The topological polar surface area (TPSA) is 39.4 Å². The minimum Gasteiger partial charge on any atom is -0.302 e. The molecule has 0 saturated carbocycles. The summed E-state index contributed by atoms with van der Waals surface area (Å²) in [6.07, 6.45) is 0. The van der Waals surface area contributed by atoms with Crippen molar-refractivity contribution < 1.29 is 0 Å². The molecule has 0 aliphatic rings. The van der Waals surface area contributed by atoms with E-state index < -0.39 is 0 Å². The third-order valence-electron chi connectivity index (χ3n) is 1.45. The van der Waals surface area contributed by atoms with E-state index in [1.165, 1.54) is 0 Å². The normalized spacial score (nSPS) is 9.67. The van der Waals surface area contributed by atoms with E-state index >= 15 is 0 Å². The minimum atomic E-state index is 0.436. The van der Waals surface area contributed by atoms with Gasteiger partial charge in [0.2, 0.25) is 0 Å². The summed E-state index contributed by atoms with van der Waals surface area (Å²) in [4.78, 5) is 0. The molecule has 0 atom stereocenters. The molecule has 15 heavy (non-hydrogen) atoms. The fraction of sp³-hybridized carbons (Fsp3) is 0.333. The van der Waals surface area contributed by atoms with Crippen molar-refractivity contribution in [3.63, 3.8) is 0 Å². The molecule has 0 unspecified atom stereocenters. The first kappa shape index (κ1) is 13.2. The first-order valence-electron chi connectivity index (χ1n) is 4.95. The van der Waals surface area contributed by atoms with Gasteiger partial charge in [-0.2, -0.15) is 10.4 Å². The summed E-state index contributed by atoms with van der Waals surface area (Å²) in [5.41, 5.74) is 1.28. The Morgan fingerprint density at radius 2 is 1.73 bits per heavy atom. The molecule has 1 rings (SSSR count). The second kappa shape index (κ2) is 7.57. The molecule has 0 saturated heterocycles. The Morgan fingerprint density at radius 3 is 2.13 bits per heavy atom. The van der Waals surface area contributed by atoms with E-state index in [1.54, 1.807) is 19.1 Å². The Hall–Kier alpha value is -1.82. The Morgan fingerprint density at radius 1 is 1.20 bits per heavy atom. The van der Waals surface area contributed by atoms with Gasteiger partial charge in [-0.1, -0.05) is 44.2 Å². The Balaban J connectivity index is 0.000000921. The molecule has 1 aromatic carbocycles. The quantitative estimate of drug-likeness (QED) is 0.547. The van der Waals surface area contributed by atoms with Gasteiger partial charge in [-0.3, -0.25) is 0 Å². The summed E-state index contributed by atoms with van der Waals surface area (Å²) >= 11 is 0. The Kier molecular flexibility index (Phi) is 6.65. The van der Waals surface area contributed by atoms with Gasteiger partial charge in [0.1, 0.15) is 6.07 Å². The van der Waals surface area contributed by atoms with Crippen LogP contribution in [0, 0.1) is 11.3 Å². The lowest BCUT2D eigenvalue weighted by Gasteiger charge is -2.04. The van der Waals surface area contributed by atoms with E-state index in [1.807, 2.05) is 44.2 Å². The molecule has 0 radical (unpaired) electrons. The van der Waals surface area contributed by atoms with Crippen molar-refractivity contribution in [1.29, 1.82) is 5.26 Å². The summed E-state index contributed by atoms with van der Waals surface area (Å²) in [5, 5.41) is 14.5. The van der Waals surface area contributed by atoms with Crippen molar-refractivity contribution >= 4 is 5.71 Å². The van der Waals surface area contributed by atoms with Crippen molar-refractivity contribution in [3.05, 3.63) is 35.9 Å². The third-order valence-corrected chi connectivity index (χ3v) is 1.45. The monoisotopic (exact) mass is 203 g/mol. The molecule has 1 aromatic rings. The predicted molar refractivity (Wildman–Crippen MR) is 63.6 cm³/mol. The van der Waals surface area contributed by atoms with Crippen LogP contribution in [0.2, 0.25) is 0 Å². The van der Waals surface area contributed by atoms with Crippen LogP contribution in [0.5, 0.6) is 0 Å². The number of benzene rings is 1. The van der Waals surface area contributed by atoms with E-state index in [0.29, 0.717) is 5.71 Å². The van der Waals surface area contributed by atoms with E-state index in [0.717, 1.165) is 5.56 Å². The molecular weight excluding hydrogens is 186 g/mol. The number of nitrogens with zero attached hydrogens (tertiary/aromatic N) is 3. The lowest BCUT2D eigenvalue weighted by atomic mass is 10.1. The second-order valence-electron chi connectivity index (χ2n) is 2.77. The number of hydrogen-bond donors (Lipinski definition) is 0. The maximum absolute atomic E-state index is 8.82. The molecule has 0 bridgehead atoms. The Bertz CT molecular complexity index is 334. The van der Waals surface area contributed by atoms with Gasteiger partial charge >= 0.3 is 0 Å². The lowest BCUT2D eigenvalue weighted by Crippen LogP contribution is -2.08. The van der Waals surface area contributed by atoms with Crippen LogP contribution in [-0.4, -0.2) is 24.8 Å². The number of rotatable bonds is 2. The molecule has 3 heteroatoms. The van der Waals surface area contributed by atoms with Crippen molar-refractivity contribution in [2.24, 2.45) is 5.10 Å². The summed E-state index contributed by atoms with van der Waals surface area (Å²) in [7, 11) is 3.58. The van der Waals surface area contributed by atoms with Crippen LogP contribution in [-0.2, 0) is 0 Å². The SMILES string of the molecule is CC.CN(C)/N=C(/C#N)c1ccccc1. The van der Waals surface area contributed by atoms with Crippen LogP contribution in [0.4, 0.5) is 0 Å². The summed E-state index contributed by atoms with van der Waals surface area (Å²) in [6.45, 7) is 4.00. The van der Waals surface area contributed by atoms with Crippen molar-refractivity contribution in [3.8, 4) is 6.07 Å². The zero-order valence-electron chi connectivity index (χ0n) is 9.73. The average Bonchev–Trinajstić information content (AvgIpc) is 2.29. The van der Waals surface area contributed by atoms with Crippen LogP contribution >= 0.6 is 0 Å². The zero-order valence-corrected chi connectivity index (χ0v) is 9.73. The molecular formula is C12H17N3. The molecule has 0 N–H and O–H groups in total. The van der Waals surface area contributed by atoms with Crippen LogP contribution < -0.4 is 0 Å². The van der Waals surface area contributed by atoms with Crippen molar-refractivity contribution in [2.45, 2.75) is 13.8 Å². The van der Waals surface area contributed by atoms with Crippen LogP contribution in [0.3, 0.4) is 0 Å². The van der Waals surface area contributed by atoms with Crippen molar-refractivity contribution in [2.75, 3.05) is 14.1 Å². The smallest absolute Gasteiger partial charge is 0.167 e. The van der Waals surface area contributed by atoms with Gasteiger partial charge < -0.3 is 5.01 Å². The van der Waals surface area contributed by atoms with Crippen LogP contribution in [0.25, 0.3) is 0 Å². The molecule has 0 heterocycles. The fourth-order valence-corrected chi connectivity index (χ4v) is 0.941. The highest BCUT2D eigenvalue weighted by atomic mass is 15.4. The summed E-state index contributed by atoms with van der Waals surface area (Å²) < 4.78 is 0. The van der Waals surface area contributed by atoms with Crippen LogP contribution in [0.15, 0.2) is 35.4 Å². The van der Waals surface area contributed by atoms with Gasteiger partial charge in [-0.15, -0.1) is 0 Å². The fourth-order valence-electron chi connectivity index (χ4n) is 0.941. The van der Waals surface area contributed by atoms with Gasteiger partial charge in [0.15, 0.2) is 5.71 Å². The predicted octanol–water partition coefficient (Wildman–Crippen LogP) is 2.50. The Labute approximate surface area is 91.6 Å². The third kappa shape index (κ3) is 4.82. The molecule has 0 aromatic heterocycles. The van der Waals surface area contributed by atoms with E-state index in [2.05, 4.69) is 11.2 Å². The van der Waals surface area contributed by atoms with E-state index in [9.17, 15) is 0 Å². The van der Waals surface area contributed by atoms with Gasteiger partial charge in [-0.25, -0.2) is 0 Å². The van der Waals surface area contributed by atoms with Gasteiger partial charge in [0, 0.05) is 19.7 Å². The maximum atomic E-state index is 8.82. The van der Waals surface area contributed by atoms with Gasteiger partial charge in [0.25, 0.3) is 0 Å². The maximum Gasteiger partial charge on any atom is 0.167 e. The number of hydrazone groups is 1. The number of nitriles is 1. The molecule has 0 aliphatic heterocycles. The highest BCUT2D eigenvalue weighted by Crippen LogP contribution is 2.00. The standard InChI is InChI=1S/C10H11N3.C2H6/c1-13(2)12-10(8-11)9-6-4-3-5-7-9;1-2/h3-7H,1-2H3;1-2H3/b12-10-;. The first-order valence-corrected chi connectivity index (χ1v) is 4.95. The zero-order chi connectivity index (χ0) is 11.7. The lowest BCUT2D eigenvalue weighted by molar-refractivity contribution is 0.439. The highest BCUT2D eigenvalue weighted by molar-refractivity contribution is 6.11. The van der Waals surface area contributed by atoms with E-state index in [-0.39, 0.29) is 0 Å². The van der Waals surface area contributed by atoms with Crippen LogP contribution in [0.1, 0.15) is 19.4 Å². The molecule has 0 amide bonds.